The Labute approximate surface area is 176 Å². The van der Waals surface area contributed by atoms with Gasteiger partial charge >= 0.3 is 6.03 Å². The van der Waals surface area contributed by atoms with Crippen molar-refractivity contribution in [3.8, 4) is 5.75 Å². The van der Waals surface area contributed by atoms with Crippen molar-refractivity contribution >= 4 is 35.1 Å². The van der Waals surface area contributed by atoms with Crippen LogP contribution in [0.2, 0.25) is 5.02 Å². The number of imide groups is 1. The molecule has 160 valence electrons. The van der Waals surface area contributed by atoms with Gasteiger partial charge in [-0.2, -0.15) is 0 Å². The third-order valence-corrected chi connectivity index (χ3v) is 5.18. The van der Waals surface area contributed by atoms with Crippen LogP contribution in [0.1, 0.15) is 32.6 Å². The normalized spacial score (nSPS) is 18.8. The molecule has 1 aromatic rings. The number of carbonyl (C=O) groups is 3. The van der Waals surface area contributed by atoms with Gasteiger partial charge in [-0.05, 0) is 44.0 Å². The highest BCUT2D eigenvalue weighted by Gasteiger charge is 2.23. The lowest BCUT2D eigenvalue weighted by Gasteiger charge is -2.29. The summed E-state index contributed by atoms with van der Waals surface area (Å²) < 4.78 is 5.19. The fourth-order valence-corrected chi connectivity index (χ4v) is 3.59. The van der Waals surface area contributed by atoms with Gasteiger partial charge in [0, 0.05) is 11.1 Å². The molecule has 1 aromatic carbocycles. The molecule has 1 aliphatic rings. The highest BCUT2D eigenvalue weighted by molar-refractivity contribution is 6.31. The van der Waals surface area contributed by atoms with E-state index >= 15 is 0 Å². The minimum Gasteiger partial charge on any atom is -0.495 e. The zero-order valence-corrected chi connectivity index (χ0v) is 17.8. The molecule has 0 saturated heterocycles. The van der Waals surface area contributed by atoms with Crippen molar-refractivity contribution in [2.45, 2.75) is 38.6 Å². The number of amides is 4. The second-order valence-corrected chi connectivity index (χ2v) is 7.89. The van der Waals surface area contributed by atoms with Crippen molar-refractivity contribution in [1.29, 1.82) is 0 Å². The molecule has 0 aromatic heterocycles. The summed E-state index contributed by atoms with van der Waals surface area (Å²) in [4.78, 5) is 37.9. The molecule has 1 fully saturated rings. The van der Waals surface area contributed by atoms with E-state index in [0.717, 1.165) is 19.3 Å². The summed E-state index contributed by atoms with van der Waals surface area (Å²) >= 11 is 5.95. The van der Waals surface area contributed by atoms with Crippen molar-refractivity contribution in [1.82, 2.24) is 15.5 Å². The van der Waals surface area contributed by atoms with E-state index in [2.05, 4.69) is 22.9 Å². The topological polar surface area (TPSA) is 99.8 Å². The average molecular weight is 425 g/mol. The Hall–Kier alpha value is -2.32. The summed E-state index contributed by atoms with van der Waals surface area (Å²) in [7, 11) is 3.12. The second-order valence-electron chi connectivity index (χ2n) is 7.45. The first kappa shape index (κ1) is 23.0. The third-order valence-electron chi connectivity index (χ3n) is 4.94. The Morgan fingerprint density at radius 3 is 2.55 bits per heavy atom. The molecular weight excluding hydrogens is 396 g/mol. The van der Waals surface area contributed by atoms with E-state index in [0.29, 0.717) is 22.4 Å². The van der Waals surface area contributed by atoms with E-state index in [1.165, 1.54) is 18.4 Å². The number of hydrogen-bond acceptors (Lipinski definition) is 5. The van der Waals surface area contributed by atoms with Gasteiger partial charge in [0.05, 0.1) is 25.9 Å². The van der Waals surface area contributed by atoms with E-state index in [4.69, 9.17) is 16.3 Å². The lowest BCUT2D eigenvalue weighted by atomic mass is 9.86. The van der Waals surface area contributed by atoms with E-state index in [1.54, 1.807) is 25.2 Å². The number of nitrogens with zero attached hydrogens (tertiary/aromatic N) is 1. The summed E-state index contributed by atoms with van der Waals surface area (Å²) in [6, 6.07) is 4.50. The number of methoxy groups -OCH3 is 1. The van der Waals surface area contributed by atoms with Crippen molar-refractivity contribution in [2.24, 2.45) is 5.92 Å². The highest BCUT2D eigenvalue weighted by Crippen LogP contribution is 2.27. The number of ether oxygens (including phenoxy) is 1. The lowest BCUT2D eigenvalue weighted by molar-refractivity contribution is -0.122. The van der Waals surface area contributed by atoms with Crippen molar-refractivity contribution in [3.05, 3.63) is 23.2 Å². The molecule has 0 bridgehead atoms. The fraction of sp³-hybridized carbons (Fsp3) is 0.550. The molecule has 3 N–H and O–H groups in total. The van der Waals surface area contributed by atoms with Crippen LogP contribution in [0.25, 0.3) is 0 Å². The molecule has 4 amide bonds. The predicted octanol–water partition coefficient (Wildman–Crippen LogP) is 2.62. The number of halogens is 1. The number of carbonyl (C=O) groups excluding carboxylic acids is 3. The number of rotatable bonds is 7. The molecule has 2 rings (SSSR count). The van der Waals surface area contributed by atoms with Crippen LogP contribution in [-0.2, 0) is 9.59 Å². The van der Waals surface area contributed by atoms with E-state index in [1.807, 2.05) is 0 Å². The van der Waals surface area contributed by atoms with Gasteiger partial charge < -0.3 is 15.4 Å². The molecule has 2 atom stereocenters. The molecule has 8 nitrogen and oxygen atoms in total. The third kappa shape index (κ3) is 7.55. The van der Waals surface area contributed by atoms with E-state index < -0.39 is 11.9 Å². The summed E-state index contributed by atoms with van der Waals surface area (Å²) in [5.74, 6) is 0.0826. The van der Waals surface area contributed by atoms with Crippen LogP contribution < -0.4 is 20.7 Å². The monoisotopic (exact) mass is 424 g/mol. The largest absolute Gasteiger partial charge is 0.495 e. The molecule has 29 heavy (non-hydrogen) atoms. The minimum atomic E-state index is -0.490. The fourth-order valence-electron chi connectivity index (χ4n) is 3.42. The molecule has 0 heterocycles. The summed E-state index contributed by atoms with van der Waals surface area (Å²) in [5.41, 5.74) is 0.448. The Balaban J connectivity index is 1.77. The maximum Gasteiger partial charge on any atom is 0.321 e. The molecular formula is C20H29ClN4O4. The van der Waals surface area contributed by atoms with Gasteiger partial charge in [-0.1, -0.05) is 31.4 Å². The van der Waals surface area contributed by atoms with Crippen LogP contribution in [0, 0.1) is 5.92 Å². The summed E-state index contributed by atoms with van der Waals surface area (Å²) in [5, 5.41) is 8.37. The Morgan fingerprint density at radius 2 is 1.86 bits per heavy atom. The highest BCUT2D eigenvalue weighted by atomic mass is 35.5. The molecule has 0 spiro atoms. The molecule has 0 aliphatic heterocycles. The zero-order chi connectivity index (χ0) is 21.4. The quantitative estimate of drug-likeness (QED) is 0.624. The van der Waals surface area contributed by atoms with Gasteiger partial charge in [-0.25, -0.2) is 4.79 Å². The smallest absolute Gasteiger partial charge is 0.321 e. The number of likely N-dealkylation sites (N-methyl/N-ethyl adjacent to an activating group) is 1. The van der Waals surface area contributed by atoms with Gasteiger partial charge in [0.15, 0.2) is 0 Å². The summed E-state index contributed by atoms with van der Waals surface area (Å²) in [6.07, 6.45) is 4.26. The van der Waals surface area contributed by atoms with Gasteiger partial charge in [-0.15, -0.1) is 0 Å². The van der Waals surface area contributed by atoms with E-state index in [-0.39, 0.29) is 25.0 Å². The van der Waals surface area contributed by atoms with Crippen LogP contribution in [0.15, 0.2) is 18.2 Å². The maximum atomic E-state index is 12.2. The minimum absolute atomic E-state index is 0.0373. The SMILES string of the molecule is COc1ccc(Cl)cc1NC(=O)CN(C)CC(=O)NC(=O)N[C@@H]1CCCC[C@H]1C. The number of anilines is 1. The molecule has 1 aliphatic carbocycles. The van der Waals surface area contributed by atoms with Crippen LogP contribution >= 0.6 is 11.6 Å². The first-order valence-corrected chi connectivity index (χ1v) is 10.1. The zero-order valence-electron chi connectivity index (χ0n) is 17.1. The predicted molar refractivity (Wildman–Crippen MR) is 112 cm³/mol. The van der Waals surface area contributed by atoms with Gasteiger partial charge in [0.25, 0.3) is 0 Å². The lowest BCUT2D eigenvalue weighted by Crippen LogP contribution is -2.50. The van der Waals surface area contributed by atoms with Crippen molar-refractivity contribution in [3.63, 3.8) is 0 Å². The van der Waals surface area contributed by atoms with Gasteiger partial charge in [0.1, 0.15) is 5.75 Å². The maximum absolute atomic E-state index is 12.2. The molecule has 9 heteroatoms. The Bertz CT molecular complexity index is 743. The number of urea groups is 1. The summed E-state index contributed by atoms with van der Waals surface area (Å²) in [6.45, 7) is 1.98. The number of hydrogen-bond donors (Lipinski definition) is 3. The first-order valence-electron chi connectivity index (χ1n) is 9.70. The molecule has 0 unspecified atom stereocenters. The van der Waals surface area contributed by atoms with Crippen LogP contribution in [-0.4, -0.2) is 56.0 Å². The van der Waals surface area contributed by atoms with Gasteiger partial charge in [-0.3, -0.25) is 19.8 Å². The molecule has 0 radical (unpaired) electrons. The second kappa shape index (κ2) is 11.0. The van der Waals surface area contributed by atoms with E-state index in [9.17, 15) is 14.4 Å². The van der Waals surface area contributed by atoms with Crippen LogP contribution in [0.5, 0.6) is 5.75 Å². The number of benzene rings is 1. The Morgan fingerprint density at radius 1 is 1.17 bits per heavy atom. The van der Waals surface area contributed by atoms with Gasteiger partial charge in [0.2, 0.25) is 11.8 Å². The average Bonchev–Trinajstić information content (AvgIpc) is 2.63. The first-order chi connectivity index (χ1) is 13.8. The molecule has 1 saturated carbocycles. The van der Waals surface area contributed by atoms with Crippen LogP contribution in [0.3, 0.4) is 0 Å². The number of nitrogens with one attached hydrogen (secondary N) is 3. The standard InChI is InChI=1S/C20H29ClN4O4/c1-13-6-4-5-7-15(13)23-20(28)24-19(27)12-25(2)11-18(26)22-16-10-14(21)8-9-17(16)29-3/h8-10,13,15H,4-7,11-12H2,1-3H3,(H,22,26)(H2,23,24,27,28)/t13-,15-/m1/s1. The van der Waals surface area contributed by atoms with Crippen LogP contribution in [0.4, 0.5) is 10.5 Å². The van der Waals surface area contributed by atoms with Crippen molar-refractivity contribution < 1.29 is 19.1 Å². The Kier molecular flexibility index (Phi) is 8.72. The van der Waals surface area contributed by atoms with Crippen molar-refractivity contribution in [2.75, 3.05) is 32.6 Å².